The van der Waals surface area contributed by atoms with Crippen molar-refractivity contribution < 1.29 is 14.0 Å². The summed E-state index contributed by atoms with van der Waals surface area (Å²) in [4.78, 5) is 25.6. The number of benzene rings is 3. The predicted octanol–water partition coefficient (Wildman–Crippen LogP) is 6.18. The highest BCUT2D eigenvalue weighted by Gasteiger charge is 2.42. The molecule has 0 radical (unpaired) electrons. The molecule has 4 nitrogen and oxygen atoms in total. The van der Waals surface area contributed by atoms with Crippen LogP contribution in [-0.2, 0) is 10.2 Å². The van der Waals surface area contributed by atoms with E-state index in [-0.39, 0.29) is 11.6 Å². The van der Waals surface area contributed by atoms with Gasteiger partial charge in [0.1, 0.15) is 5.82 Å². The number of anilines is 2. The van der Waals surface area contributed by atoms with Crippen LogP contribution in [-0.4, -0.2) is 11.8 Å². The van der Waals surface area contributed by atoms with Crippen LogP contribution in [0.2, 0.25) is 5.02 Å². The molecule has 0 saturated heterocycles. The zero-order valence-electron chi connectivity index (χ0n) is 16.8. The first kappa shape index (κ1) is 21.1. The lowest BCUT2D eigenvalue weighted by Crippen LogP contribution is -2.38. The van der Waals surface area contributed by atoms with E-state index < -0.39 is 17.1 Å². The number of rotatable bonds is 5. The third-order valence-electron chi connectivity index (χ3n) is 5.78. The second-order valence-corrected chi connectivity index (χ2v) is 8.20. The maximum Gasteiger partial charge on any atom is 0.255 e. The Labute approximate surface area is 185 Å². The molecule has 3 aromatic carbocycles. The highest BCUT2D eigenvalue weighted by Crippen LogP contribution is 2.42. The summed E-state index contributed by atoms with van der Waals surface area (Å²) in [5.41, 5.74) is 1.09. The van der Waals surface area contributed by atoms with Crippen molar-refractivity contribution in [3.63, 3.8) is 0 Å². The predicted molar refractivity (Wildman–Crippen MR) is 121 cm³/mol. The van der Waals surface area contributed by atoms with Crippen LogP contribution in [0.15, 0.2) is 72.8 Å². The fourth-order valence-electron chi connectivity index (χ4n) is 4.15. The summed E-state index contributed by atoms with van der Waals surface area (Å²) in [5, 5.41) is 5.83. The molecule has 6 heteroatoms. The molecule has 0 unspecified atom stereocenters. The molecular formula is C25H22ClFN2O2. The van der Waals surface area contributed by atoms with Crippen LogP contribution in [0.3, 0.4) is 0 Å². The van der Waals surface area contributed by atoms with Crippen LogP contribution in [0.5, 0.6) is 0 Å². The van der Waals surface area contributed by atoms with Gasteiger partial charge in [-0.1, -0.05) is 60.8 Å². The van der Waals surface area contributed by atoms with Gasteiger partial charge >= 0.3 is 0 Å². The van der Waals surface area contributed by atoms with Crippen LogP contribution >= 0.6 is 11.6 Å². The van der Waals surface area contributed by atoms with Crippen LogP contribution in [0.1, 0.15) is 41.6 Å². The highest BCUT2D eigenvalue weighted by atomic mass is 35.5. The molecule has 0 aliphatic heterocycles. The van der Waals surface area contributed by atoms with E-state index in [0.717, 1.165) is 31.2 Å². The largest absolute Gasteiger partial charge is 0.325 e. The lowest BCUT2D eigenvalue weighted by Gasteiger charge is -2.28. The normalized spacial score (nSPS) is 14.8. The van der Waals surface area contributed by atoms with Gasteiger partial charge in [-0.05, 0) is 54.8 Å². The van der Waals surface area contributed by atoms with Gasteiger partial charge in [-0.25, -0.2) is 4.39 Å². The van der Waals surface area contributed by atoms with E-state index in [2.05, 4.69) is 10.6 Å². The first-order valence-electron chi connectivity index (χ1n) is 10.2. The SMILES string of the molecule is O=C(Nc1ccc(NC(=O)C2(c3ccccc3)CCCC2)cc1F)c1cccc(Cl)c1. The van der Waals surface area contributed by atoms with Crippen LogP contribution < -0.4 is 10.6 Å². The molecule has 1 saturated carbocycles. The third kappa shape index (κ3) is 4.47. The second-order valence-electron chi connectivity index (χ2n) is 7.77. The van der Waals surface area contributed by atoms with Crippen molar-refractivity contribution in [1.29, 1.82) is 0 Å². The molecule has 2 N–H and O–H groups in total. The average molecular weight is 437 g/mol. The number of hydrogen-bond donors (Lipinski definition) is 2. The zero-order valence-corrected chi connectivity index (χ0v) is 17.6. The molecule has 31 heavy (non-hydrogen) atoms. The quantitative estimate of drug-likeness (QED) is 0.501. The first-order chi connectivity index (χ1) is 15.0. The topological polar surface area (TPSA) is 58.2 Å². The molecule has 0 spiro atoms. The molecule has 1 aliphatic carbocycles. The Kier molecular flexibility index (Phi) is 6.05. The Morgan fingerprint density at radius 2 is 1.61 bits per heavy atom. The van der Waals surface area contributed by atoms with E-state index >= 15 is 0 Å². The standard InChI is InChI=1S/C25H22ClFN2O2/c26-19-10-6-7-17(15-19)23(30)29-22-12-11-20(16-21(22)27)28-24(31)25(13-4-5-14-25)18-8-2-1-3-9-18/h1-3,6-12,15-16H,4-5,13-14H2,(H,28,31)(H,29,30). The van der Waals surface area contributed by atoms with Crippen molar-refractivity contribution in [2.75, 3.05) is 10.6 Å². The van der Waals surface area contributed by atoms with Gasteiger partial charge < -0.3 is 10.6 Å². The number of nitrogens with one attached hydrogen (secondary N) is 2. The van der Waals surface area contributed by atoms with Gasteiger partial charge in [0.25, 0.3) is 5.91 Å². The fourth-order valence-corrected chi connectivity index (χ4v) is 4.34. The summed E-state index contributed by atoms with van der Waals surface area (Å²) in [7, 11) is 0. The fraction of sp³-hybridized carbons (Fsp3) is 0.200. The summed E-state index contributed by atoms with van der Waals surface area (Å²) in [6.07, 6.45) is 3.48. The Morgan fingerprint density at radius 3 is 2.29 bits per heavy atom. The summed E-state index contributed by atoms with van der Waals surface area (Å²) >= 11 is 5.91. The molecule has 0 heterocycles. The highest BCUT2D eigenvalue weighted by molar-refractivity contribution is 6.31. The van der Waals surface area contributed by atoms with Crippen LogP contribution in [0, 0.1) is 5.82 Å². The average Bonchev–Trinajstić information content (AvgIpc) is 3.27. The minimum Gasteiger partial charge on any atom is -0.325 e. The summed E-state index contributed by atoms with van der Waals surface area (Å²) in [5.74, 6) is -1.23. The van der Waals surface area contributed by atoms with Gasteiger partial charge in [-0.3, -0.25) is 9.59 Å². The first-order valence-corrected chi connectivity index (χ1v) is 10.6. The lowest BCUT2D eigenvalue weighted by atomic mass is 9.78. The lowest BCUT2D eigenvalue weighted by molar-refractivity contribution is -0.121. The maximum absolute atomic E-state index is 14.7. The van der Waals surface area contributed by atoms with E-state index in [9.17, 15) is 14.0 Å². The molecule has 4 rings (SSSR count). The van der Waals surface area contributed by atoms with Gasteiger partial charge in [0.15, 0.2) is 0 Å². The molecule has 0 aromatic heterocycles. The number of halogens is 2. The number of amides is 2. The van der Waals surface area contributed by atoms with E-state index in [1.54, 1.807) is 24.3 Å². The van der Waals surface area contributed by atoms with E-state index in [4.69, 9.17) is 11.6 Å². The number of hydrogen-bond acceptors (Lipinski definition) is 2. The van der Waals surface area contributed by atoms with Crippen LogP contribution in [0.25, 0.3) is 0 Å². The molecule has 158 valence electrons. The van der Waals surface area contributed by atoms with E-state index in [0.29, 0.717) is 16.3 Å². The van der Waals surface area contributed by atoms with Crippen molar-refractivity contribution in [2.24, 2.45) is 0 Å². The van der Waals surface area contributed by atoms with E-state index in [1.807, 2.05) is 30.3 Å². The number of carbonyl (C=O) groups excluding carboxylic acids is 2. The minimum absolute atomic E-state index is 0.0293. The van der Waals surface area contributed by atoms with Gasteiger partial charge in [0.2, 0.25) is 5.91 Å². The molecule has 3 aromatic rings. The van der Waals surface area contributed by atoms with Gasteiger partial charge in [-0.2, -0.15) is 0 Å². The van der Waals surface area contributed by atoms with Gasteiger partial charge in [-0.15, -0.1) is 0 Å². The van der Waals surface area contributed by atoms with Crippen molar-refractivity contribution in [3.05, 3.63) is 94.8 Å². The molecule has 2 amide bonds. The van der Waals surface area contributed by atoms with Crippen molar-refractivity contribution >= 4 is 34.8 Å². The zero-order chi connectivity index (χ0) is 21.8. The minimum atomic E-state index is -0.631. The second kappa shape index (κ2) is 8.90. The smallest absolute Gasteiger partial charge is 0.255 e. The Hall–Kier alpha value is -3.18. The molecule has 1 aliphatic rings. The van der Waals surface area contributed by atoms with Crippen molar-refractivity contribution in [2.45, 2.75) is 31.1 Å². The number of carbonyl (C=O) groups is 2. The van der Waals surface area contributed by atoms with Gasteiger partial charge in [0.05, 0.1) is 11.1 Å². The Morgan fingerprint density at radius 1 is 0.871 bits per heavy atom. The summed E-state index contributed by atoms with van der Waals surface area (Å²) < 4.78 is 14.7. The van der Waals surface area contributed by atoms with Crippen LogP contribution in [0.4, 0.5) is 15.8 Å². The van der Waals surface area contributed by atoms with Crippen molar-refractivity contribution in [3.8, 4) is 0 Å². The Balaban J connectivity index is 1.50. The van der Waals surface area contributed by atoms with Gasteiger partial charge in [0, 0.05) is 16.3 Å². The molecular weight excluding hydrogens is 415 g/mol. The molecule has 0 atom stereocenters. The maximum atomic E-state index is 14.7. The Bertz CT molecular complexity index is 1110. The monoisotopic (exact) mass is 436 g/mol. The van der Waals surface area contributed by atoms with Crippen molar-refractivity contribution in [1.82, 2.24) is 0 Å². The summed E-state index contributed by atoms with van der Waals surface area (Å²) in [6, 6.07) is 20.4. The molecule has 1 fully saturated rings. The summed E-state index contributed by atoms with van der Waals surface area (Å²) in [6.45, 7) is 0. The molecule has 0 bridgehead atoms. The van der Waals surface area contributed by atoms with E-state index in [1.165, 1.54) is 18.2 Å². The third-order valence-corrected chi connectivity index (χ3v) is 6.02.